The number of nitrogens with one attached hydrogen (secondary N) is 2. The standard InChI is InChI=1S/C10H14BrN3O2S/c11-9-3-10(7-13-6-9)17(15,16)14-5-8-1-2-12-4-8/h3,6-8,12,14H,1-2,4-5H2. The fourth-order valence-corrected chi connectivity index (χ4v) is 3.36. The molecule has 0 radical (unpaired) electrons. The zero-order chi connectivity index (χ0) is 12.3. The van der Waals surface area contributed by atoms with Gasteiger partial charge in [0.05, 0.1) is 0 Å². The normalized spacial score (nSPS) is 20.6. The lowest BCUT2D eigenvalue weighted by molar-refractivity contribution is 0.538. The Morgan fingerprint density at radius 2 is 2.35 bits per heavy atom. The van der Waals surface area contributed by atoms with E-state index in [1.807, 2.05) is 0 Å². The molecule has 5 nitrogen and oxygen atoms in total. The average molecular weight is 320 g/mol. The van der Waals surface area contributed by atoms with E-state index in [9.17, 15) is 8.42 Å². The van der Waals surface area contributed by atoms with E-state index in [-0.39, 0.29) is 4.90 Å². The van der Waals surface area contributed by atoms with Gasteiger partial charge in [-0.25, -0.2) is 13.1 Å². The zero-order valence-corrected chi connectivity index (χ0v) is 11.6. The molecule has 0 saturated carbocycles. The molecule has 1 aliphatic rings. The highest BCUT2D eigenvalue weighted by atomic mass is 79.9. The van der Waals surface area contributed by atoms with Crippen LogP contribution in [0.15, 0.2) is 27.8 Å². The zero-order valence-electron chi connectivity index (χ0n) is 9.19. The Kier molecular flexibility index (Phi) is 4.13. The minimum atomic E-state index is -3.44. The van der Waals surface area contributed by atoms with E-state index >= 15 is 0 Å². The highest BCUT2D eigenvalue weighted by Gasteiger charge is 2.19. The third kappa shape index (κ3) is 3.48. The summed E-state index contributed by atoms with van der Waals surface area (Å²) >= 11 is 3.21. The lowest BCUT2D eigenvalue weighted by Crippen LogP contribution is -2.30. The summed E-state index contributed by atoms with van der Waals surface area (Å²) < 4.78 is 27.2. The van der Waals surface area contributed by atoms with Crippen molar-refractivity contribution in [3.05, 3.63) is 22.9 Å². The van der Waals surface area contributed by atoms with Gasteiger partial charge in [0.1, 0.15) is 4.90 Å². The lowest BCUT2D eigenvalue weighted by Gasteiger charge is -2.10. The molecule has 2 N–H and O–H groups in total. The van der Waals surface area contributed by atoms with E-state index in [0.717, 1.165) is 19.5 Å². The van der Waals surface area contributed by atoms with E-state index < -0.39 is 10.0 Å². The minimum absolute atomic E-state index is 0.192. The molecule has 2 rings (SSSR count). The number of nitrogens with zero attached hydrogens (tertiary/aromatic N) is 1. The first-order valence-electron chi connectivity index (χ1n) is 5.39. The summed E-state index contributed by atoms with van der Waals surface area (Å²) in [5.41, 5.74) is 0. The number of halogens is 1. The second-order valence-electron chi connectivity index (χ2n) is 4.05. The predicted molar refractivity (Wildman–Crippen MR) is 68.1 cm³/mol. The van der Waals surface area contributed by atoms with Crippen molar-refractivity contribution in [2.75, 3.05) is 19.6 Å². The maximum Gasteiger partial charge on any atom is 0.242 e. The number of sulfonamides is 1. The molecule has 1 fully saturated rings. The molecular formula is C10H14BrN3O2S. The molecular weight excluding hydrogens is 306 g/mol. The molecule has 1 unspecified atom stereocenters. The Morgan fingerprint density at radius 3 is 3.00 bits per heavy atom. The molecule has 17 heavy (non-hydrogen) atoms. The van der Waals surface area contributed by atoms with Crippen molar-refractivity contribution in [1.29, 1.82) is 0 Å². The SMILES string of the molecule is O=S(=O)(NCC1CCNC1)c1cncc(Br)c1. The number of hydrogen-bond donors (Lipinski definition) is 2. The monoisotopic (exact) mass is 319 g/mol. The lowest BCUT2D eigenvalue weighted by atomic mass is 10.1. The summed E-state index contributed by atoms with van der Waals surface area (Å²) in [6.45, 7) is 2.31. The smallest absolute Gasteiger partial charge is 0.242 e. The van der Waals surface area contributed by atoms with Gasteiger partial charge >= 0.3 is 0 Å². The molecule has 1 aliphatic heterocycles. The molecule has 0 spiro atoms. The van der Waals surface area contributed by atoms with Crippen LogP contribution in [0.25, 0.3) is 0 Å². The molecule has 0 bridgehead atoms. The van der Waals surface area contributed by atoms with Crippen molar-refractivity contribution in [2.24, 2.45) is 5.92 Å². The third-order valence-electron chi connectivity index (χ3n) is 2.71. The summed E-state index contributed by atoms with van der Waals surface area (Å²) in [6.07, 6.45) is 3.92. The quantitative estimate of drug-likeness (QED) is 0.858. The van der Waals surface area contributed by atoms with Gasteiger partial charge in [0.2, 0.25) is 10.0 Å². The van der Waals surface area contributed by atoms with Crippen LogP contribution >= 0.6 is 15.9 Å². The molecule has 1 atom stereocenters. The minimum Gasteiger partial charge on any atom is -0.316 e. The van der Waals surface area contributed by atoms with Crippen molar-refractivity contribution in [1.82, 2.24) is 15.0 Å². The molecule has 0 amide bonds. The second-order valence-corrected chi connectivity index (χ2v) is 6.73. The Hall–Kier alpha value is -0.500. The van der Waals surface area contributed by atoms with Gasteiger partial charge in [0.25, 0.3) is 0 Å². The van der Waals surface area contributed by atoms with E-state index in [1.165, 1.54) is 6.20 Å². The molecule has 1 aromatic rings. The number of aromatic nitrogens is 1. The Labute approximate surface area is 109 Å². The van der Waals surface area contributed by atoms with Crippen molar-refractivity contribution < 1.29 is 8.42 Å². The molecule has 1 saturated heterocycles. The highest BCUT2D eigenvalue weighted by Crippen LogP contribution is 2.14. The van der Waals surface area contributed by atoms with Gasteiger partial charge in [-0.1, -0.05) is 0 Å². The molecule has 2 heterocycles. The summed E-state index contributed by atoms with van der Waals surface area (Å²) in [4.78, 5) is 4.04. The number of rotatable bonds is 4. The summed E-state index contributed by atoms with van der Waals surface area (Å²) in [5, 5.41) is 3.20. The maximum atomic E-state index is 11.9. The van der Waals surface area contributed by atoms with Crippen LogP contribution in [0.4, 0.5) is 0 Å². The Balaban J connectivity index is 2.03. The molecule has 94 valence electrons. The van der Waals surface area contributed by atoms with Crippen LogP contribution in [0.3, 0.4) is 0 Å². The van der Waals surface area contributed by atoms with Crippen molar-refractivity contribution in [3.8, 4) is 0 Å². The maximum absolute atomic E-state index is 11.9. The molecule has 0 aliphatic carbocycles. The van der Waals surface area contributed by atoms with Gasteiger partial charge in [0.15, 0.2) is 0 Å². The largest absolute Gasteiger partial charge is 0.316 e. The van der Waals surface area contributed by atoms with E-state index in [0.29, 0.717) is 16.9 Å². The summed E-state index contributed by atoms with van der Waals surface area (Å²) in [7, 11) is -3.44. The van der Waals surface area contributed by atoms with Gasteiger partial charge in [-0.3, -0.25) is 4.98 Å². The average Bonchev–Trinajstić information content (AvgIpc) is 2.79. The van der Waals surface area contributed by atoms with E-state index in [4.69, 9.17) is 0 Å². The van der Waals surface area contributed by atoms with Gasteiger partial charge in [-0.05, 0) is 47.4 Å². The highest BCUT2D eigenvalue weighted by molar-refractivity contribution is 9.10. The fraction of sp³-hybridized carbons (Fsp3) is 0.500. The summed E-state index contributed by atoms with van der Waals surface area (Å²) in [5.74, 6) is 0.380. The van der Waals surface area contributed by atoms with Crippen LogP contribution in [-0.2, 0) is 10.0 Å². The first-order valence-corrected chi connectivity index (χ1v) is 7.66. The van der Waals surface area contributed by atoms with Crippen LogP contribution in [0.2, 0.25) is 0 Å². The summed E-state index contributed by atoms with van der Waals surface area (Å²) in [6, 6.07) is 1.54. The van der Waals surface area contributed by atoms with E-state index in [2.05, 4.69) is 31.0 Å². The third-order valence-corrected chi connectivity index (χ3v) is 4.54. The Morgan fingerprint density at radius 1 is 1.53 bits per heavy atom. The number of pyridine rings is 1. The van der Waals surface area contributed by atoms with Gasteiger partial charge in [0, 0.05) is 23.4 Å². The van der Waals surface area contributed by atoms with Gasteiger partial charge < -0.3 is 5.32 Å². The predicted octanol–water partition coefficient (Wildman–Crippen LogP) is 0.732. The fourth-order valence-electron chi connectivity index (χ4n) is 1.74. The van der Waals surface area contributed by atoms with E-state index in [1.54, 1.807) is 12.3 Å². The first kappa shape index (κ1) is 12.9. The van der Waals surface area contributed by atoms with Crippen LogP contribution in [0.1, 0.15) is 6.42 Å². The van der Waals surface area contributed by atoms with Crippen LogP contribution in [0, 0.1) is 5.92 Å². The molecule has 7 heteroatoms. The van der Waals surface area contributed by atoms with Gasteiger partial charge in [-0.15, -0.1) is 0 Å². The van der Waals surface area contributed by atoms with Crippen molar-refractivity contribution >= 4 is 26.0 Å². The molecule has 0 aromatic carbocycles. The van der Waals surface area contributed by atoms with Crippen molar-refractivity contribution in [2.45, 2.75) is 11.3 Å². The van der Waals surface area contributed by atoms with Gasteiger partial charge in [-0.2, -0.15) is 0 Å². The van der Waals surface area contributed by atoms with Crippen LogP contribution in [-0.4, -0.2) is 33.0 Å². The first-order chi connectivity index (χ1) is 8.08. The second kappa shape index (κ2) is 5.43. The molecule has 1 aromatic heterocycles. The van der Waals surface area contributed by atoms with Crippen LogP contribution in [0.5, 0.6) is 0 Å². The Bertz CT molecular complexity index is 486. The van der Waals surface area contributed by atoms with Crippen LogP contribution < -0.4 is 10.0 Å². The number of hydrogen-bond acceptors (Lipinski definition) is 4. The van der Waals surface area contributed by atoms with Crippen molar-refractivity contribution in [3.63, 3.8) is 0 Å². The topological polar surface area (TPSA) is 71.1 Å².